The van der Waals surface area contributed by atoms with Gasteiger partial charge in [-0.3, -0.25) is 0 Å². The molecule has 0 radical (unpaired) electrons. The van der Waals surface area contributed by atoms with E-state index >= 15 is 0 Å². The van der Waals surface area contributed by atoms with Gasteiger partial charge in [-0.25, -0.2) is 0 Å². The lowest BCUT2D eigenvalue weighted by molar-refractivity contribution is 0.394. The van der Waals surface area contributed by atoms with Gasteiger partial charge in [-0.1, -0.05) is 112 Å². The molecular weight excluding hydrogens is 422 g/mol. The summed E-state index contributed by atoms with van der Waals surface area (Å²) in [5, 5.41) is 0. The van der Waals surface area contributed by atoms with Crippen molar-refractivity contribution in [3.63, 3.8) is 0 Å². The van der Waals surface area contributed by atoms with Gasteiger partial charge in [0.1, 0.15) is 0 Å². The summed E-state index contributed by atoms with van der Waals surface area (Å²) in [5.74, 6) is 0.981. The summed E-state index contributed by atoms with van der Waals surface area (Å²) in [6.07, 6.45) is 20.1. The molecule has 174 valence electrons. The van der Waals surface area contributed by atoms with E-state index in [1.807, 2.05) is 12.2 Å². The van der Waals surface area contributed by atoms with Crippen LogP contribution in [0.2, 0.25) is 0 Å². The fourth-order valence-corrected chi connectivity index (χ4v) is 5.54. The summed E-state index contributed by atoms with van der Waals surface area (Å²) >= 11 is 0. The average Bonchev–Trinajstić information content (AvgIpc) is 3.12. The van der Waals surface area contributed by atoms with E-state index < -0.39 is 0 Å². The smallest absolute Gasteiger partial charge is 0.0464 e. The monoisotopic (exact) mass is 455 g/mol. The van der Waals surface area contributed by atoms with Crippen molar-refractivity contribution in [1.29, 1.82) is 0 Å². The Morgan fingerprint density at radius 3 is 2.29 bits per heavy atom. The summed E-state index contributed by atoms with van der Waals surface area (Å²) in [6.45, 7) is 8.49. The number of hydrogen-bond donors (Lipinski definition) is 0. The summed E-state index contributed by atoms with van der Waals surface area (Å²) < 4.78 is 0. The van der Waals surface area contributed by atoms with Gasteiger partial charge in [-0.05, 0) is 70.8 Å². The van der Waals surface area contributed by atoms with Gasteiger partial charge in [0.15, 0.2) is 0 Å². The Hall–Kier alpha value is -3.84. The SMILES string of the molecule is C=C/C=C\C=C/Cc1ccc(N(c2ccccc2)c2ccc3c(c2)C(C)(C)C2C=CC=CC32)cc1. The standard InChI is InChI=1S/C34H33N/c1-4-5-6-7-9-14-26-19-21-28(22-20-26)35(27-15-10-8-11-16-27)29-23-24-31-30-17-12-13-18-32(30)34(2,3)33(31)25-29/h4-13,15-25,30,32H,1,14H2,2-3H3/b6-5-,9-7-. The first kappa shape index (κ1) is 22.9. The summed E-state index contributed by atoms with van der Waals surface area (Å²) in [7, 11) is 0. The number of para-hydroxylation sites is 1. The molecular formula is C34H33N. The molecule has 0 bridgehead atoms. The fourth-order valence-electron chi connectivity index (χ4n) is 5.54. The Balaban J connectivity index is 1.51. The van der Waals surface area contributed by atoms with Crippen LogP contribution in [-0.2, 0) is 11.8 Å². The normalized spacial score (nSPS) is 19.7. The van der Waals surface area contributed by atoms with E-state index in [0.29, 0.717) is 11.8 Å². The highest BCUT2D eigenvalue weighted by molar-refractivity contribution is 5.77. The van der Waals surface area contributed by atoms with E-state index in [1.165, 1.54) is 33.8 Å². The van der Waals surface area contributed by atoms with Crippen molar-refractivity contribution in [2.75, 3.05) is 4.90 Å². The molecule has 0 heterocycles. The number of nitrogens with zero attached hydrogens (tertiary/aromatic N) is 1. The molecule has 2 aliphatic carbocycles. The fraction of sp³-hybridized carbons (Fsp3) is 0.176. The highest BCUT2D eigenvalue weighted by Gasteiger charge is 2.44. The number of rotatable bonds is 7. The Morgan fingerprint density at radius 1 is 0.800 bits per heavy atom. The molecule has 3 aromatic rings. The van der Waals surface area contributed by atoms with Gasteiger partial charge in [0.25, 0.3) is 0 Å². The van der Waals surface area contributed by atoms with Crippen LogP contribution in [0.3, 0.4) is 0 Å². The van der Waals surface area contributed by atoms with Gasteiger partial charge in [-0.2, -0.15) is 0 Å². The molecule has 2 aliphatic rings. The maximum Gasteiger partial charge on any atom is 0.0464 e. The van der Waals surface area contributed by atoms with Crippen molar-refractivity contribution in [1.82, 2.24) is 0 Å². The molecule has 0 saturated heterocycles. The van der Waals surface area contributed by atoms with Gasteiger partial charge in [0.2, 0.25) is 0 Å². The molecule has 0 amide bonds. The summed E-state index contributed by atoms with van der Waals surface area (Å²) in [4.78, 5) is 2.37. The molecule has 0 saturated carbocycles. The summed E-state index contributed by atoms with van der Waals surface area (Å²) in [6, 6.07) is 26.7. The first-order valence-electron chi connectivity index (χ1n) is 12.5. The van der Waals surface area contributed by atoms with Crippen LogP contribution in [0.25, 0.3) is 0 Å². The molecule has 2 atom stereocenters. The van der Waals surface area contributed by atoms with Crippen molar-refractivity contribution in [2.24, 2.45) is 5.92 Å². The highest BCUT2D eigenvalue weighted by atomic mass is 15.1. The number of hydrogen-bond acceptors (Lipinski definition) is 1. The lowest BCUT2D eigenvalue weighted by Crippen LogP contribution is -2.24. The summed E-state index contributed by atoms with van der Waals surface area (Å²) in [5.41, 5.74) is 7.85. The van der Waals surface area contributed by atoms with Gasteiger partial charge >= 0.3 is 0 Å². The quantitative estimate of drug-likeness (QED) is 0.321. The van der Waals surface area contributed by atoms with Crippen LogP contribution in [0.5, 0.6) is 0 Å². The first-order chi connectivity index (χ1) is 17.1. The van der Waals surface area contributed by atoms with E-state index in [2.05, 4.69) is 135 Å². The molecule has 0 fully saturated rings. The van der Waals surface area contributed by atoms with Crippen LogP contribution < -0.4 is 4.90 Å². The van der Waals surface area contributed by atoms with Crippen LogP contribution in [0.1, 0.15) is 36.5 Å². The molecule has 2 unspecified atom stereocenters. The first-order valence-corrected chi connectivity index (χ1v) is 12.5. The molecule has 1 nitrogen and oxygen atoms in total. The zero-order chi connectivity index (χ0) is 24.3. The third kappa shape index (κ3) is 4.47. The van der Waals surface area contributed by atoms with Crippen LogP contribution in [-0.4, -0.2) is 0 Å². The molecule has 0 aromatic heterocycles. The van der Waals surface area contributed by atoms with E-state index in [1.54, 1.807) is 6.08 Å². The largest absolute Gasteiger partial charge is 0.310 e. The van der Waals surface area contributed by atoms with Crippen LogP contribution in [0, 0.1) is 5.92 Å². The minimum absolute atomic E-state index is 0.0931. The minimum atomic E-state index is 0.0931. The molecule has 0 aliphatic heterocycles. The number of anilines is 3. The lowest BCUT2D eigenvalue weighted by atomic mass is 9.74. The van der Waals surface area contributed by atoms with Gasteiger partial charge in [-0.15, -0.1) is 0 Å². The minimum Gasteiger partial charge on any atom is -0.310 e. The predicted octanol–water partition coefficient (Wildman–Crippen LogP) is 9.11. The number of allylic oxidation sites excluding steroid dienone is 9. The second-order valence-electron chi connectivity index (χ2n) is 9.90. The molecule has 35 heavy (non-hydrogen) atoms. The Bertz CT molecular complexity index is 1300. The second kappa shape index (κ2) is 9.80. The molecule has 0 spiro atoms. The van der Waals surface area contributed by atoms with Gasteiger partial charge in [0, 0.05) is 23.0 Å². The van der Waals surface area contributed by atoms with Crippen molar-refractivity contribution >= 4 is 17.1 Å². The van der Waals surface area contributed by atoms with Gasteiger partial charge in [0.05, 0.1) is 0 Å². The Labute approximate surface area is 210 Å². The average molecular weight is 456 g/mol. The number of benzene rings is 3. The maximum atomic E-state index is 3.71. The predicted molar refractivity (Wildman–Crippen MR) is 151 cm³/mol. The molecule has 3 aromatic carbocycles. The zero-order valence-electron chi connectivity index (χ0n) is 20.6. The topological polar surface area (TPSA) is 3.24 Å². The van der Waals surface area contributed by atoms with Crippen LogP contribution in [0.15, 0.2) is 134 Å². The van der Waals surface area contributed by atoms with Crippen molar-refractivity contribution in [3.8, 4) is 0 Å². The highest BCUT2D eigenvalue weighted by Crippen LogP contribution is 2.54. The molecule has 1 heteroatoms. The van der Waals surface area contributed by atoms with E-state index in [4.69, 9.17) is 0 Å². The Kier molecular flexibility index (Phi) is 6.42. The van der Waals surface area contributed by atoms with Crippen LogP contribution in [0.4, 0.5) is 17.1 Å². The second-order valence-corrected chi connectivity index (χ2v) is 9.90. The Morgan fingerprint density at radius 2 is 1.51 bits per heavy atom. The van der Waals surface area contributed by atoms with E-state index in [0.717, 1.165) is 6.42 Å². The number of fused-ring (bicyclic) bond motifs is 3. The van der Waals surface area contributed by atoms with Crippen molar-refractivity contribution in [2.45, 2.75) is 31.6 Å². The lowest BCUT2D eigenvalue weighted by Gasteiger charge is -2.30. The van der Waals surface area contributed by atoms with Gasteiger partial charge < -0.3 is 4.90 Å². The van der Waals surface area contributed by atoms with Crippen molar-refractivity contribution in [3.05, 3.63) is 151 Å². The maximum absolute atomic E-state index is 3.71. The zero-order valence-corrected chi connectivity index (χ0v) is 20.6. The van der Waals surface area contributed by atoms with Crippen molar-refractivity contribution < 1.29 is 0 Å². The van der Waals surface area contributed by atoms with Crippen LogP contribution >= 0.6 is 0 Å². The van der Waals surface area contributed by atoms with E-state index in [9.17, 15) is 0 Å². The third-order valence-corrected chi connectivity index (χ3v) is 7.37. The third-order valence-electron chi connectivity index (χ3n) is 7.37. The molecule has 5 rings (SSSR count). The van der Waals surface area contributed by atoms with E-state index in [-0.39, 0.29) is 5.41 Å². The molecule has 0 N–H and O–H groups in total.